The van der Waals surface area contributed by atoms with Gasteiger partial charge in [-0.15, -0.1) is 0 Å². The van der Waals surface area contributed by atoms with E-state index in [1.165, 1.54) is 0 Å². The van der Waals surface area contributed by atoms with Crippen molar-refractivity contribution in [1.29, 1.82) is 0 Å². The Balaban J connectivity index is 2.98. The van der Waals surface area contributed by atoms with E-state index in [4.69, 9.17) is 10.6 Å². The van der Waals surface area contributed by atoms with Gasteiger partial charge in [-0.2, -0.15) is 0 Å². The lowest BCUT2D eigenvalue weighted by molar-refractivity contribution is 0.297. The topological polar surface area (TPSA) is 73.1 Å². The predicted octanol–water partition coefficient (Wildman–Crippen LogP) is 2.21. The standard InChI is InChI=1S/C13H24N4O/c1-4-6-10(7-5-2)11(17-14)12-13(18-3)16-9-8-15-12/h8-11,17H,4-7,14H2,1-3H3. The van der Waals surface area contributed by atoms with E-state index in [-0.39, 0.29) is 6.04 Å². The Labute approximate surface area is 109 Å². The van der Waals surface area contributed by atoms with Crippen LogP contribution in [0, 0.1) is 5.92 Å². The molecule has 1 aromatic heterocycles. The molecule has 0 aromatic carbocycles. The van der Waals surface area contributed by atoms with Crippen LogP contribution in [0.3, 0.4) is 0 Å². The number of nitrogens with two attached hydrogens (primary N) is 1. The normalized spacial score (nSPS) is 12.7. The molecule has 1 atom stereocenters. The van der Waals surface area contributed by atoms with Crippen LogP contribution in [0.25, 0.3) is 0 Å². The molecule has 1 heterocycles. The quantitative estimate of drug-likeness (QED) is 0.548. The van der Waals surface area contributed by atoms with E-state index in [1.54, 1.807) is 19.5 Å². The fraction of sp³-hybridized carbons (Fsp3) is 0.692. The number of hydrogen-bond donors (Lipinski definition) is 2. The molecule has 0 amide bonds. The summed E-state index contributed by atoms with van der Waals surface area (Å²) in [4.78, 5) is 8.56. The molecule has 0 saturated carbocycles. The van der Waals surface area contributed by atoms with Crippen molar-refractivity contribution in [1.82, 2.24) is 15.4 Å². The second-order valence-electron chi connectivity index (χ2n) is 4.43. The monoisotopic (exact) mass is 252 g/mol. The number of rotatable bonds is 8. The number of hydrazine groups is 1. The Kier molecular flexibility index (Phi) is 6.60. The minimum absolute atomic E-state index is 0.00597. The lowest BCUT2D eigenvalue weighted by Gasteiger charge is -2.26. The lowest BCUT2D eigenvalue weighted by atomic mass is 9.89. The molecule has 102 valence electrons. The maximum atomic E-state index is 5.72. The second-order valence-corrected chi connectivity index (χ2v) is 4.43. The Hall–Kier alpha value is -1.20. The van der Waals surface area contributed by atoms with E-state index >= 15 is 0 Å². The highest BCUT2D eigenvalue weighted by Gasteiger charge is 2.25. The number of nitrogens with one attached hydrogen (secondary N) is 1. The molecule has 0 aliphatic carbocycles. The Morgan fingerprint density at radius 2 is 1.83 bits per heavy atom. The van der Waals surface area contributed by atoms with E-state index < -0.39 is 0 Å². The van der Waals surface area contributed by atoms with E-state index in [0.717, 1.165) is 31.4 Å². The maximum Gasteiger partial charge on any atom is 0.237 e. The van der Waals surface area contributed by atoms with Crippen LogP contribution in [-0.4, -0.2) is 17.1 Å². The van der Waals surface area contributed by atoms with Crippen LogP contribution in [0.2, 0.25) is 0 Å². The molecule has 18 heavy (non-hydrogen) atoms. The van der Waals surface area contributed by atoms with Gasteiger partial charge in [-0.3, -0.25) is 16.3 Å². The van der Waals surface area contributed by atoms with E-state index in [2.05, 4.69) is 29.2 Å². The van der Waals surface area contributed by atoms with Gasteiger partial charge in [-0.25, -0.2) is 4.98 Å². The molecular formula is C13H24N4O. The Bertz CT molecular complexity index is 340. The summed E-state index contributed by atoms with van der Waals surface area (Å²) < 4.78 is 5.27. The highest BCUT2D eigenvalue weighted by molar-refractivity contribution is 5.21. The van der Waals surface area contributed by atoms with Crippen molar-refractivity contribution in [3.05, 3.63) is 18.1 Å². The van der Waals surface area contributed by atoms with Gasteiger partial charge >= 0.3 is 0 Å². The number of aromatic nitrogens is 2. The van der Waals surface area contributed by atoms with Crippen LogP contribution in [0.1, 0.15) is 51.3 Å². The van der Waals surface area contributed by atoms with Crippen molar-refractivity contribution in [2.75, 3.05) is 7.11 Å². The van der Waals surface area contributed by atoms with Crippen LogP contribution >= 0.6 is 0 Å². The first-order valence-electron chi connectivity index (χ1n) is 6.59. The average molecular weight is 252 g/mol. The molecule has 0 fully saturated rings. The second kappa shape index (κ2) is 8.00. The summed E-state index contributed by atoms with van der Waals surface area (Å²) >= 11 is 0. The predicted molar refractivity (Wildman–Crippen MR) is 72.0 cm³/mol. The summed E-state index contributed by atoms with van der Waals surface area (Å²) in [5, 5.41) is 0. The fourth-order valence-electron chi connectivity index (χ4n) is 2.36. The Morgan fingerprint density at radius 1 is 1.22 bits per heavy atom. The number of ether oxygens (including phenoxy) is 1. The fourth-order valence-corrected chi connectivity index (χ4v) is 2.36. The van der Waals surface area contributed by atoms with Gasteiger partial charge in [-0.1, -0.05) is 26.7 Å². The smallest absolute Gasteiger partial charge is 0.237 e. The molecule has 3 N–H and O–H groups in total. The minimum Gasteiger partial charge on any atom is -0.480 e. The van der Waals surface area contributed by atoms with Gasteiger partial charge < -0.3 is 4.74 Å². The largest absolute Gasteiger partial charge is 0.480 e. The van der Waals surface area contributed by atoms with E-state index in [0.29, 0.717) is 11.8 Å². The molecule has 0 bridgehead atoms. The van der Waals surface area contributed by atoms with E-state index in [9.17, 15) is 0 Å². The zero-order valence-electron chi connectivity index (χ0n) is 11.5. The Morgan fingerprint density at radius 3 is 2.33 bits per heavy atom. The molecule has 5 heteroatoms. The molecule has 0 spiro atoms. The summed E-state index contributed by atoms with van der Waals surface area (Å²) in [5.74, 6) is 6.72. The third-order valence-electron chi connectivity index (χ3n) is 3.15. The number of hydrogen-bond acceptors (Lipinski definition) is 5. The van der Waals surface area contributed by atoms with Crippen molar-refractivity contribution >= 4 is 0 Å². The van der Waals surface area contributed by atoms with Crippen molar-refractivity contribution in [3.63, 3.8) is 0 Å². The molecule has 1 rings (SSSR count). The zero-order chi connectivity index (χ0) is 13.4. The molecule has 1 unspecified atom stereocenters. The van der Waals surface area contributed by atoms with Gasteiger partial charge in [0.25, 0.3) is 0 Å². The van der Waals surface area contributed by atoms with Crippen LogP contribution < -0.4 is 16.0 Å². The molecule has 1 aromatic rings. The van der Waals surface area contributed by atoms with Crippen molar-refractivity contribution in [3.8, 4) is 5.88 Å². The first-order chi connectivity index (χ1) is 8.78. The molecule has 0 aliphatic heterocycles. The molecule has 0 saturated heterocycles. The van der Waals surface area contributed by atoms with Crippen LogP contribution in [0.4, 0.5) is 0 Å². The average Bonchev–Trinajstić information content (AvgIpc) is 2.40. The van der Waals surface area contributed by atoms with Crippen molar-refractivity contribution < 1.29 is 4.74 Å². The summed E-state index contributed by atoms with van der Waals surface area (Å²) in [6.07, 6.45) is 7.80. The first kappa shape index (κ1) is 14.9. The van der Waals surface area contributed by atoms with Gasteiger partial charge in [0.1, 0.15) is 5.69 Å². The number of methoxy groups -OCH3 is 1. The van der Waals surface area contributed by atoms with Gasteiger partial charge in [0, 0.05) is 12.4 Å². The third kappa shape index (κ3) is 3.65. The highest BCUT2D eigenvalue weighted by atomic mass is 16.5. The SMILES string of the molecule is CCCC(CCC)C(NN)c1nccnc1OC. The molecule has 5 nitrogen and oxygen atoms in total. The van der Waals surface area contributed by atoms with Crippen LogP contribution in [0.15, 0.2) is 12.4 Å². The third-order valence-corrected chi connectivity index (χ3v) is 3.15. The summed E-state index contributed by atoms with van der Waals surface area (Å²) in [5.41, 5.74) is 3.68. The van der Waals surface area contributed by atoms with Gasteiger partial charge in [0.2, 0.25) is 5.88 Å². The van der Waals surface area contributed by atoms with Crippen LogP contribution in [0.5, 0.6) is 5.88 Å². The maximum absolute atomic E-state index is 5.72. The number of nitrogens with zero attached hydrogens (tertiary/aromatic N) is 2. The van der Waals surface area contributed by atoms with Gasteiger partial charge in [0.05, 0.1) is 13.2 Å². The lowest BCUT2D eigenvalue weighted by Crippen LogP contribution is -2.34. The van der Waals surface area contributed by atoms with Gasteiger partial charge in [0.15, 0.2) is 0 Å². The van der Waals surface area contributed by atoms with Crippen LogP contribution in [-0.2, 0) is 0 Å². The summed E-state index contributed by atoms with van der Waals surface area (Å²) in [7, 11) is 1.61. The highest BCUT2D eigenvalue weighted by Crippen LogP contribution is 2.31. The summed E-state index contributed by atoms with van der Waals surface area (Å²) in [6.45, 7) is 4.37. The molecular weight excluding hydrogens is 228 g/mol. The first-order valence-corrected chi connectivity index (χ1v) is 6.59. The van der Waals surface area contributed by atoms with Crippen molar-refractivity contribution in [2.45, 2.75) is 45.6 Å². The summed E-state index contributed by atoms with van der Waals surface area (Å²) in [6, 6.07) is -0.00597. The van der Waals surface area contributed by atoms with Gasteiger partial charge in [-0.05, 0) is 18.8 Å². The van der Waals surface area contributed by atoms with Crippen molar-refractivity contribution in [2.24, 2.45) is 11.8 Å². The zero-order valence-corrected chi connectivity index (χ0v) is 11.5. The molecule has 0 aliphatic rings. The molecule has 0 radical (unpaired) electrons. The minimum atomic E-state index is -0.00597. The van der Waals surface area contributed by atoms with E-state index in [1.807, 2.05) is 0 Å².